The van der Waals surface area contributed by atoms with Crippen molar-refractivity contribution in [3.8, 4) is 0 Å². The molecule has 0 aliphatic heterocycles. The molecule has 0 aliphatic rings. The minimum Gasteiger partial charge on any atom is -0.308 e. The fourth-order valence-corrected chi connectivity index (χ4v) is 1.90. The van der Waals surface area contributed by atoms with Gasteiger partial charge in [0, 0.05) is 11.2 Å². The van der Waals surface area contributed by atoms with E-state index in [1.807, 2.05) is 44.3 Å². The van der Waals surface area contributed by atoms with Crippen LogP contribution in [0.2, 0.25) is 5.02 Å². The van der Waals surface area contributed by atoms with E-state index < -0.39 is 0 Å². The quantitative estimate of drug-likeness (QED) is 0.906. The van der Waals surface area contributed by atoms with Crippen molar-refractivity contribution >= 4 is 11.6 Å². The molecule has 1 aromatic carbocycles. The summed E-state index contributed by atoms with van der Waals surface area (Å²) in [5, 5.41) is 3.99. The van der Waals surface area contributed by atoms with E-state index in [4.69, 9.17) is 11.6 Å². The zero-order valence-corrected chi connectivity index (χ0v) is 10.6. The molecule has 1 atom stereocenters. The van der Waals surface area contributed by atoms with Crippen LogP contribution in [0, 0.1) is 6.92 Å². The van der Waals surface area contributed by atoms with Gasteiger partial charge in [-0.15, -0.1) is 0 Å². The lowest BCUT2D eigenvalue weighted by atomic mass is 10.0. The molecule has 0 amide bonds. The maximum Gasteiger partial charge on any atom is 0.125 e. The molecule has 1 unspecified atom stereocenters. The van der Waals surface area contributed by atoms with Gasteiger partial charge < -0.3 is 5.32 Å². The topological polar surface area (TPSA) is 37.8 Å². The third kappa shape index (κ3) is 2.81. The summed E-state index contributed by atoms with van der Waals surface area (Å²) in [6, 6.07) is 9.75. The van der Waals surface area contributed by atoms with Gasteiger partial charge >= 0.3 is 0 Å². The first kappa shape index (κ1) is 12.0. The molecule has 2 aromatic rings. The molecule has 0 spiro atoms. The van der Waals surface area contributed by atoms with Gasteiger partial charge in [-0.25, -0.2) is 9.97 Å². The smallest absolute Gasteiger partial charge is 0.125 e. The molecular weight excluding hydrogens is 234 g/mol. The average molecular weight is 248 g/mol. The molecule has 0 saturated heterocycles. The Hall–Kier alpha value is -1.45. The number of nitrogens with one attached hydrogen (secondary N) is 1. The first-order valence-corrected chi connectivity index (χ1v) is 5.81. The molecule has 88 valence electrons. The first-order valence-electron chi connectivity index (χ1n) is 5.43. The highest BCUT2D eigenvalue weighted by Crippen LogP contribution is 2.21. The third-order valence-electron chi connectivity index (χ3n) is 2.59. The second-order valence-corrected chi connectivity index (χ2v) is 4.24. The number of nitrogens with zero attached hydrogens (tertiary/aromatic N) is 2. The molecule has 0 saturated carbocycles. The van der Waals surface area contributed by atoms with Gasteiger partial charge in [0.15, 0.2) is 0 Å². The molecule has 0 bridgehead atoms. The molecule has 0 aliphatic carbocycles. The Labute approximate surface area is 106 Å². The van der Waals surface area contributed by atoms with Crippen LogP contribution < -0.4 is 5.32 Å². The molecule has 17 heavy (non-hydrogen) atoms. The predicted octanol–water partition coefficient (Wildman–Crippen LogP) is 2.75. The van der Waals surface area contributed by atoms with Crippen molar-refractivity contribution in [3.63, 3.8) is 0 Å². The van der Waals surface area contributed by atoms with Gasteiger partial charge in [0.2, 0.25) is 0 Å². The number of hydrogen-bond acceptors (Lipinski definition) is 3. The van der Waals surface area contributed by atoms with Crippen molar-refractivity contribution in [1.29, 1.82) is 0 Å². The van der Waals surface area contributed by atoms with Crippen LogP contribution in [0.5, 0.6) is 0 Å². The maximum absolute atomic E-state index is 5.88. The Kier molecular flexibility index (Phi) is 3.71. The Morgan fingerprint density at radius 1 is 1.18 bits per heavy atom. The predicted molar refractivity (Wildman–Crippen MR) is 69.1 cm³/mol. The van der Waals surface area contributed by atoms with E-state index in [1.54, 1.807) is 6.20 Å². The van der Waals surface area contributed by atoms with Crippen LogP contribution >= 0.6 is 11.6 Å². The average Bonchev–Trinajstić information content (AvgIpc) is 2.33. The first-order chi connectivity index (χ1) is 8.20. The standard InChI is InChI=1S/C13H14ClN3/c1-9-16-8-7-12(17-9)13(15-2)10-3-5-11(14)6-4-10/h3-8,13,15H,1-2H3. The number of hydrogen-bond donors (Lipinski definition) is 1. The fraction of sp³-hybridized carbons (Fsp3) is 0.231. The summed E-state index contributed by atoms with van der Waals surface area (Å²) < 4.78 is 0. The van der Waals surface area contributed by atoms with Crippen molar-refractivity contribution < 1.29 is 0 Å². The number of aromatic nitrogens is 2. The van der Waals surface area contributed by atoms with E-state index in [2.05, 4.69) is 15.3 Å². The van der Waals surface area contributed by atoms with Crippen LogP contribution in [0.25, 0.3) is 0 Å². The molecular formula is C13H14ClN3. The molecule has 3 nitrogen and oxygen atoms in total. The Balaban J connectivity index is 2.36. The minimum atomic E-state index is 0.0639. The minimum absolute atomic E-state index is 0.0639. The second-order valence-electron chi connectivity index (χ2n) is 3.80. The van der Waals surface area contributed by atoms with E-state index in [0.717, 1.165) is 22.1 Å². The van der Waals surface area contributed by atoms with Gasteiger partial charge in [0.1, 0.15) is 5.82 Å². The van der Waals surface area contributed by atoms with Crippen molar-refractivity contribution in [3.05, 3.63) is 58.6 Å². The van der Waals surface area contributed by atoms with E-state index >= 15 is 0 Å². The summed E-state index contributed by atoms with van der Waals surface area (Å²) in [4.78, 5) is 8.54. The van der Waals surface area contributed by atoms with Gasteiger partial charge in [-0.1, -0.05) is 23.7 Å². The van der Waals surface area contributed by atoms with Gasteiger partial charge in [-0.2, -0.15) is 0 Å². The van der Waals surface area contributed by atoms with Gasteiger partial charge in [0.25, 0.3) is 0 Å². The summed E-state index contributed by atoms with van der Waals surface area (Å²) >= 11 is 5.88. The summed E-state index contributed by atoms with van der Waals surface area (Å²) in [6.45, 7) is 1.89. The zero-order chi connectivity index (χ0) is 12.3. The third-order valence-corrected chi connectivity index (χ3v) is 2.84. The van der Waals surface area contributed by atoms with Crippen LogP contribution in [0.15, 0.2) is 36.5 Å². The molecule has 0 fully saturated rings. The summed E-state index contributed by atoms with van der Waals surface area (Å²) in [6.07, 6.45) is 1.78. The van der Waals surface area contributed by atoms with E-state index in [9.17, 15) is 0 Å². The largest absolute Gasteiger partial charge is 0.308 e. The van der Waals surface area contributed by atoms with Crippen LogP contribution in [0.3, 0.4) is 0 Å². The number of aryl methyl sites for hydroxylation is 1. The van der Waals surface area contributed by atoms with Gasteiger partial charge in [-0.05, 0) is 37.7 Å². The van der Waals surface area contributed by atoms with Crippen molar-refractivity contribution in [2.45, 2.75) is 13.0 Å². The zero-order valence-electron chi connectivity index (χ0n) is 9.81. The number of benzene rings is 1. The van der Waals surface area contributed by atoms with Crippen LogP contribution in [0.4, 0.5) is 0 Å². The maximum atomic E-state index is 5.88. The second kappa shape index (κ2) is 5.25. The van der Waals surface area contributed by atoms with E-state index in [1.165, 1.54) is 0 Å². The molecule has 1 aromatic heterocycles. The van der Waals surface area contributed by atoms with E-state index in [0.29, 0.717) is 0 Å². The molecule has 0 radical (unpaired) electrons. The Morgan fingerprint density at radius 3 is 2.47 bits per heavy atom. The Morgan fingerprint density at radius 2 is 1.88 bits per heavy atom. The van der Waals surface area contributed by atoms with Gasteiger partial charge in [-0.3, -0.25) is 0 Å². The van der Waals surface area contributed by atoms with Gasteiger partial charge in [0.05, 0.1) is 11.7 Å². The summed E-state index contributed by atoms with van der Waals surface area (Å²) in [5.41, 5.74) is 2.09. The highest BCUT2D eigenvalue weighted by molar-refractivity contribution is 6.30. The molecule has 1 heterocycles. The monoisotopic (exact) mass is 247 g/mol. The summed E-state index contributed by atoms with van der Waals surface area (Å²) in [7, 11) is 1.91. The number of halogens is 1. The normalized spacial score (nSPS) is 12.4. The fourth-order valence-electron chi connectivity index (χ4n) is 1.78. The van der Waals surface area contributed by atoms with Crippen LogP contribution in [-0.4, -0.2) is 17.0 Å². The number of rotatable bonds is 3. The SMILES string of the molecule is CNC(c1ccc(Cl)cc1)c1ccnc(C)n1. The highest BCUT2D eigenvalue weighted by Gasteiger charge is 2.13. The van der Waals surface area contributed by atoms with Crippen molar-refractivity contribution in [1.82, 2.24) is 15.3 Å². The lowest BCUT2D eigenvalue weighted by Gasteiger charge is -2.16. The van der Waals surface area contributed by atoms with Crippen LogP contribution in [-0.2, 0) is 0 Å². The van der Waals surface area contributed by atoms with E-state index in [-0.39, 0.29) is 6.04 Å². The molecule has 1 N–H and O–H groups in total. The summed E-state index contributed by atoms with van der Waals surface area (Å²) in [5.74, 6) is 0.775. The molecule has 4 heteroatoms. The highest BCUT2D eigenvalue weighted by atomic mass is 35.5. The van der Waals surface area contributed by atoms with Crippen molar-refractivity contribution in [2.24, 2.45) is 0 Å². The molecule has 2 rings (SSSR count). The van der Waals surface area contributed by atoms with Crippen LogP contribution in [0.1, 0.15) is 23.1 Å². The Bertz CT molecular complexity index is 496. The van der Waals surface area contributed by atoms with Crippen molar-refractivity contribution in [2.75, 3.05) is 7.05 Å². The lowest BCUT2D eigenvalue weighted by Crippen LogP contribution is -2.19. The lowest BCUT2D eigenvalue weighted by molar-refractivity contribution is 0.664.